The molecule has 0 bridgehead atoms. The lowest BCUT2D eigenvalue weighted by molar-refractivity contribution is -0.175. The molecule has 20 heavy (non-hydrogen) atoms. The van der Waals surface area contributed by atoms with Crippen LogP contribution in [-0.4, -0.2) is 53.1 Å². The van der Waals surface area contributed by atoms with E-state index in [1.165, 1.54) is 20.8 Å². The largest absolute Gasteiger partial charge is 0.480 e. The molecule has 0 fully saturated rings. The van der Waals surface area contributed by atoms with Gasteiger partial charge in [-0.2, -0.15) is 13.2 Å². The number of amides is 2. The van der Waals surface area contributed by atoms with E-state index in [1.807, 2.05) is 0 Å². The molecule has 6 nitrogen and oxygen atoms in total. The summed E-state index contributed by atoms with van der Waals surface area (Å²) < 4.78 is 36.6. The number of likely N-dealkylation sites (N-methyl/N-ethyl adjacent to an activating group) is 1. The first-order valence-electron chi connectivity index (χ1n) is 5.76. The highest BCUT2D eigenvalue weighted by Crippen LogP contribution is 2.16. The van der Waals surface area contributed by atoms with Gasteiger partial charge in [0.1, 0.15) is 12.1 Å². The predicted octanol–water partition coefficient (Wildman–Crippen LogP) is 0.621. The summed E-state index contributed by atoms with van der Waals surface area (Å²) in [6.45, 7) is 4.10. The van der Waals surface area contributed by atoms with Crippen molar-refractivity contribution in [2.24, 2.45) is 5.92 Å². The number of nitrogens with zero attached hydrogens (tertiary/aromatic N) is 1. The van der Waals surface area contributed by atoms with Gasteiger partial charge in [-0.1, -0.05) is 13.8 Å². The van der Waals surface area contributed by atoms with Crippen molar-refractivity contribution < 1.29 is 32.7 Å². The van der Waals surface area contributed by atoms with E-state index in [0.717, 1.165) is 11.9 Å². The highest BCUT2D eigenvalue weighted by molar-refractivity contribution is 5.91. The lowest BCUT2D eigenvalue weighted by Crippen LogP contribution is -2.55. The summed E-state index contributed by atoms with van der Waals surface area (Å²) in [5.74, 6) is -5.06. The van der Waals surface area contributed by atoms with Crippen LogP contribution in [0.25, 0.3) is 0 Å². The molecule has 0 aromatic heterocycles. The van der Waals surface area contributed by atoms with Crippen LogP contribution in [0, 0.1) is 5.92 Å². The van der Waals surface area contributed by atoms with Crippen LogP contribution in [0.4, 0.5) is 13.2 Å². The van der Waals surface area contributed by atoms with Crippen molar-refractivity contribution in [2.45, 2.75) is 39.0 Å². The van der Waals surface area contributed by atoms with E-state index in [-0.39, 0.29) is 0 Å². The number of nitrogens with one attached hydrogen (secondary N) is 1. The number of aliphatic carboxylic acids is 1. The Morgan fingerprint density at radius 2 is 1.60 bits per heavy atom. The van der Waals surface area contributed by atoms with E-state index >= 15 is 0 Å². The number of carbonyl (C=O) groups is 3. The highest BCUT2D eigenvalue weighted by Gasteiger charge is 2.42. The molecule has 0 aliphatic heterocycles. The summed E-state index contributed by atoms with van der Waals surface area (Å²) in [6.07, 6.45) is -5.11. The fourth-order valence-corrected chi connectivity index (χ4v) is 1.31. The normalized spacial score (nSPS) is 14.6. The van der Waals surface area contributed by atoms with Gasteiger partial charge in [-0.3, -0.25) is 9.59 Å². The number of hydrogen-bond donors (Lipinski definition) is 2. The van der Waals surface area contributed by atoms with Crippen molar-refractivity contribution in [3.63, 3.8) is 0 Å². The zero-order chi connectivity index (χ0) is 16.2. The number of halogens is 3. The SMILES string of the molecule is CC(C)[C@H](NC(=O)C(F)(F)F)C(=O)N(C)C(C)C(=O)O. The minimum atomic E-state index is -5.11. The molecule has 0 heterocycles. The van der Waals surface area contributed by atoms with Gasteiger partial charge in [0, 0.05) is 7.05 Å². The first kappa shape index (κ1) is 18.2. The topological polar surface area (TPSA) is 86.7 Å². The van der Waals surface area contributed by atoms with Crippen molar-refractivity contribution in [3.8, 4) is 0 Å². The molecule has 0 aromatic rings. The molecule has 0 saturated carbocycles. The van der Waals surface area contributed by atoms with Crippen LogP contribution in [0.2, 0.25) is 0 Å². The minimum absolute atomic E-state index is 0.628. The van der Waals surface area contributed by atoms with Crippen LogP contribution < -0.4 is 5.32 Å². The second-order valence-corrected chi connectivity index (χ2v) is 4.66. The molecule has 0 spiro atoms. The summed E-state index contributed by atoms with van der Waals surface area (Å²) >= 11 is 0. The van der Waals surface area contributed by atoms with Crippen molar-refractivity contribution >= 4 is 17.8 Å². The standard InChI is InChI=1S/C11H17F3N2O4/c1-5(2)7(15-10(20)11(12,13)14)8(17)16(4)6(3)9(18)19/h5-7H,1-4H3,(H,15,20)(H,18,19)/t6?,7-/m0/s1. The molecule has 0 aromatic carbocycles. The van der Waals surface area contributed by atoms with E-state index in [9.17, 15) is 27.6 Å². The molecule has 116 valence electrons. The van der Waals surface area contributed by atoms with E-state index < -0.39 is 42.0 Å². The Labute approximate surface area is 113 Å². The molecule has 2 amide bonds. The van der Waals surface area contributed by atoms with Crippen LogP contribution in [0.3, 0.4) is 0 Å². The van der Waals surface area contributed by atoms with Crippen LogP contribution in [0.5, 0.6) is 0 Å². The van der Waals surface area contributed by atoms with Crippen LogP contribution in [0.1, 0.15) is 20.8 Å². The number of carbonyl (C=O) groups excluding carboxylic acids is 2. The molecular formula is C11H17F3N2O4. The monoisotopic (exact) mass is 298 g/mol. The van der Waals surface area contributed by atoms with Crippen LogP contribution in [-0.2, 0) is 14.4 Å². The van der Waals surface area contributed by atoms with Crippen molar-refractivity contribution in [2.75, 3.05) is 7.05 Å². The van der Waals surface area contributed by atoms with Gasteiger partial charge in [0.2, 0.25) is 5.91 Å². The quantitative estimate of drug-likeness (QED) is 0.779. The third kappa shape index (κ3) is 4.71. The average molecular weight is 298 g/mol. The van der Waals surface area contributed by atoms with Crippen LogP contribution in [0.15, 0.2) is 0 Å². The van der Waals surface area contributed by atoms with Crippen molar-refractivity contribution in [1.29, 1.82) is 0 Å². The molecule has 0 rings (SSSR count). The Bertz CT molecular complexity index is 396. The number of rotatable bonds is 5. The fourth-order valence-electron chi connectivity index (χ4n) is 1.31. The van der Waals surface area contributed by atoms with Gasteiger partial charge in [0.25, 0.3) is 0 Å². The number of alkyl halides is 3. The average Bonchev–Trinajstić information content (AvgIpc) is 2.30. The van der Waals surface area contributed by atoms with Gasteiger partial charge in [-0.15, -0.1) is 0 Å². The van der Waals surface area contributed by atoms with Gasteiger partial charge in [0.05, 0.1) is 0 Å². The lowest BCUT2D eigenvalue weighted by atomic mass is 10.0. The van der Waals surface area contributed by atoms with Gasteiger partial charge < -0.3 is 15.3 Å². The Kier molecular flexibility index (Phi) is 5.98. The maximum absolute atomic E-state index is 12.2. The molecule has 1 unspecified atom stereocenters. The number of carboxylic acids is 1. The molecule has 2 atom stereocenters. The Balaban J connectivity index is 5.07. The van der Waals surface area contributed by atoms with E-state index in [1.54, 1.807) is 5.32 Å². The third-order valence-corrected chi connectivity index (χ3v) is 2.76. The van der Waals surface area contributed by atoms with Crippen LogP contribution >= 0.6 is 0 Å². The molecular weight excluding hydrogens is 281 g/mol. The summed E-state index contributed by atoms with van der Waals surface area (Å²) in [5.41, 5.74) is 0. The first-order chi connectivity index (χ1) is 8.89. The maximum Gasteiger partial charge on any atom is 0.471 e. The zero-order valence-electron chi connectivity index (χ0n) is 11.5. The summed E-state index contributed by atoms with van der Waals surface area (Å²) in [7, 11) is 1.15. The smallest absolute Gasteiger partial charge is 0.471 e. The fraction of sp³-hybridized carbons (Fsp3) is 0.727. The van der Waals surface area contributed by atoms with Gasteiger partial charge in [-0.05, 0) is 12.8 Å². The van der Waals surface area contributed by atoms with E-state index in [2.05, 4.69) is 0 Å². The molecule has 2 N–H and O–H groups in total. The highest BCUT2D eigenvalue weighted by atomic mass is 19.4. The lowest BCUT2D eigenvalue weighted by Gasteiger charge is -2.29. The Hall–Kier alpha value is -1.80. The molecule has 9 heteroatoms. The zero-order valence-corrected chi connectivity index (χ0v) is 11.5. The molecule has 0 aliphatic rings. The first-order valence-corrected chi connectivity index (χ1v) is 5.76. The number of carboxylic acid groups (broad SMARTS) is 1. The minimum Gasteiger partial charge on any atom is -0.480 e. The van der Waals surface area contributed by atoms with E-state index in [0.29, 0.717) is 0 Å². The summed E-state index contributed by atoms with van der Waals surface area (Å²) in [6, 6.07) is -2.66. The van der Waals surface area contributed by atoms with Crippen molar-refractivity contribution in [3.05, 3.63) is 0 Å². The maximum atomic E-state index is 12.2. The van der Waals surface area contributed by atoms with Gasteiger partial charge in [0.15, 0.2) is 0 Å². The van der Waals surface area contributed by atoms with Crippen molar-refractivity contribution in [1.82, 2.24) is 10.2 Å². The summed E-state index contributed by atoms with van der Waals surface area (Å²) in [4.78, 5) is 34.4. The third-order valence-electron chi connectivity index (χ3n) is 2.76. The second kappa shape index (κ2) is 6.58. The molecule has 0 saturated heterocycles. The Morgan fingerprint density at radius 1 is 1.15 bits per heavy atom. The molecule has 0 aliphatic carbocycles. The van der Waals surface area contributed by atoms with Gasteiger partial charge in [-0.25, -0.2) is 4.79 Å². The molecule has 0 radical (unpaired) electrons. The van der Waals surface area contributed by atoms with Gasteiger partial charge >= 0.3 is 18.1 Å². The predicted molar refractivity (Wildman–Crippen MR) is 62.7 cm³/mol. The second-order valence-electron chi connectivity index (χ2n) is 4.66. The number of hydrogen-bond acceptors (Lipinski definition) is 3. The van der Waals surface area contributed by atoms with E-state index in [4.69, 9.17) is 5.11 Å². The Morgan fingerprint density at radius 3 is 1.90 bits per heavy atom. The summed E-state index contributed by atoms with van der Waals surface area (Å²) in [5, 5.41) is 10.4.